The minimum Gasteiger partial charge on any atom is -0.480 e. The average Bonchev–Trinajstić information content (AvgIpc) is 2.60. The fraction of sp³-hybridized carbons (Fsp3) is 0.0667. The molecule has 0 aliphatic rings. The van der Waals surface area contributed by atoms with Crippen molar-refractivity contribution in [3.05, 3.63) is 74.3 Å². The van der Waals surface area contributed by atoms with Crippen molar-refractivity contribution in [1.82, 2.24) is 0 Å². The quantitative estimate of drug-likeness (QED) is 0.459. The Bertz CT molecular complexity index is 742. The van der Waals surface area contributed by atoms with E-state index in [9.17, 15) is 29.8 Å². The van der Waals surface area contributed by atoms with E-state index in [0.717, 1.165) is 18.4 Å². The van der Waals surface area contributed by atoms with Gasteiger partial charge in [-0.05, 0) is 24.3 Å². The summed E-state index contributed by atoms with van der Waals surface area (Å²) in [6.45, 7) is -0.125. The lowest BCUT2D eigenvalue weighted by atomic mass is 10.2. The van der Waals surface area contributed by atoms with E-state index in [2.05, 4.69) is 5.32 Å². The molecule has 2 aromatic carbocycles. The number of carboxylic acid groups (broad SMARTS) is 1. The number of hydrogen-bond donors (Lipinski definition) is 2. The van der Waals surface area contributed by atoms with Gasteiger partial charge in [-0.1, -0.05) is 12.1 Å². The zero-order valence-electron chi connectivity index (χ0n) is 12.7. The lowest BCUT2D eigenvalue weighted by molar-refractivity contribution is -0.422. The number of aldehydes is 1. The highest BCUT2D eigenvalue weighted by Gasteiger charge is 2.21. The van der Waals surface area contributed by atoms with Crippen molar-refractivity contribution >= 4 is 29.3 Å². The largest absolute Gasteiger partial charge is 0.480 e. The van der Waals surface area contributed by atoms with Crippen LogP contribution in [0, 0.1) is 20.2 Å². The van der Waals surface area contributed by atoms with Gasteiger partial charge in [-0.2, -0.15) is 0 Å². The number of anilines is 1. The van der Waals surface area contributed by atoms with Crippen LogP contribution in [0.3, 0.4) is 0 Å². The smallest absolute Gasteiger partial charge is 0.346 e. The van der Waals surface area contributed by atoms with E-state index in [-0.39, 0.29) is 6.54 Å². The summed E-state index contributed by atoms with van der Waals surface area (Å²) in [5, 5.41) is 31.5. The molecule has 0 fully saturated rings. The predicted molar refractivity (Wildman–Crippen MR) is 87.7 cm³/mol. The number of carbonyl (C=O) groups excluding carboxylic acids is 1. The fourth-order valence-electron chi connectivity index (χ4n) is 1.63. The minimum absolute atomic E-state index is 0.125. The standard InChI is InChI=1S/C9H9NO3.C6H4N2O4/c11-6-7-1-3-8(4-2-7)10-5-9(12)13;9-7(10)5-3-1-2-4-6(5)8(11)12/h1-4,6,10H,5H2,(H,12,13);1-4H. The van der Waals surface area contributed by atoms with E-state index >= 15 is 0 Å². The van der Waals surface area contributed by atoms with Gasteiger partial charge in [0.15, 0.2) is 0 Å². The van der Waals surface area contributed by atoms with E-state index in [1.165, 1.54) is 12.1 Å². The highest BCUT2D eigenvalue weighted by molar-refractivity contribution is 5.76. The maximum absolute atomic E-state index is 10.3. The number of para-hydroxylation sites is 2. The Labute approximate surface area is 141 Å². The van der Waals surface area contributed by atoms with Crippen molar-refractivity contribution in [2.24, 2.45) is 0 Å². The van der Waals surface area contributed by atoms with Gasteiger partial charge in [0, 0.05) is 23.4 Å². The second-order valence-corrected chi connectivity index (χ2v) is 4.49. The van der Waals surface area contributed by atoms with Gasteiger partial charge in [-0.15, -0.1) is 0 Å². The lowest BCUT2D eigenvalue weighted by Crippen LogP contribution is -2.12. The van der Waals surface area contributed by atoms with Gasteiger partial charge in [0.05, 0.1) is 9.85 Å². The second kappa shape index (κ2) is 9.35. The molecular weight excluding hydrogens is 334 g/mol. The van der Waals surface area contributed by atoms with Gasteiger partial charge in [0.2, 0.25) is 0 Å². The maximum atomic E-state index is 10.3. The van der Waals surface area contributed by atoms with E-state index in [1.54, 1.807) is 24.3 Å². The zero-order valence-corrected chi connectivity index (χ0v) is 12.7. The summed E-state index contributed by atoms with van der Waals surface area (Å²) in [5.41, 5.74) is 0.291. The first-order chi connectivity index (χ1) is 11.8. The molecule has 25 heavy (non-hydrogen) atoms. The molecule has 0 heterocycles. The normalized spacial score (nSPS) is 9.28. The van der Waals surface area contributed by atoms with Crippen LogP contribution in [0.1, 0.15) is 10.4 Å². The maximum Gasteiger partial charge on any atom is 0.346 e. The van der Waals surface area contributed by atoms with Crippen LogP contribution < -0.4 is 5.32 Å². The number of aliphatic carboxylic acids is 1. The van der Waals surface area contributed by atoms with Crippen LogP contribution in [0.15, 0.2) is 48.5 Å². The molecule has 0 aliphatic heterocycles. The molecule has 0 bridgehead atoms. The monoisotopic (exact) mass is 347 g/mol. The molecule has 0 radical (unpaired) electrons. The average molecular weight is 347 g/mol. The fourth-order valence-corrected chi connectivity index (χ4v) is 1.63. The van der Waals surface area contributed by atoms with Crippen molar-refractivity contribution < 1.29 is 24.5 Å². The zero-order chi connectivity index (χ0) is 18.8. The molecule has 2 N–H and O–H groups in total. The highest BCUT2D eigenvalue weighted by atomic mass is 16.6. The van der Waals surface area contributed by atoms with Crippen LogP contribution in [0.25, 0.3) is 0 Å². The van der Waals surface area contributed by atoms with Crippen LogP contribution in [-0.2, 0) is 4.79 Å². The van der Waals surface area contributed by atoms with Gasteiger partial charge in [-0.25, -0.2) is 0 Å². The number of nitrogens with one attached hydrogen (secondary N) is 1. The molecule has 0 saturated carbocycles. The minimum atomic E-state index is -0.917. The van der Waals surface area contributed by atoms with Crippen molar-refractivity contribution in [3.63, 3.8) is 0 Å². The van der Waals surface area contributed by atoms with Crippen LogP contribution in [0.4, 0.5) is 17.1 Å². The number of carboxylic acids is 1. The molecule has 10 heteroatoms. The topological polar surface area (TPSA) is 153 Å². The van der Waals surface area contributed by atoms with Crippen LogP contribution in [0.2, 0.25) is 0 Å². The number of nitrogens with zero attached hydrogens (tertiary/aromatic N) is 2. The third kappa shape index (κ3) is 6.44. The number of nitro benzene ring substituents is 2. The number of hydrogen-bond acceptors (Lipinski definition) is 7. The molecule has 130 valence electrons. The predicted octanol–water partition coefficient (Wildman–Crippen LogP) is 2.50. The van der Waals surface area contributed by atoms with E-state index in [0.29, 0.717) is 11.3 Å². The Morgan fingerprint density at radius 3 is 1.84 bits per heavy atom. The lowest BCUT2D eigenvalue weighted by Gasteiger charge is -2.01. The van der Waals surface area contributed by atoms with Crippen molar-refractivity contribution in [3.8, 4) is 0 Å². The summed E-state index contributed by atoms with van der Waals surface area (Å²) in [6, 6.07) is 11.5. The van der Waals surface area contributed by atoms with Crippen LogP contribution in [0.5, 0.6) is 0 Å². The first kappa shape index (κ1) is 19.2. The third-order valence-electron chi connectivity index (χ3n) is 2.77. The molecule has 2 rings (SSSR count). The van der Waals surface area contributed by atoms with Crippen LogP contribution >= 0.6 is 0 Å². The molecule has 0 atom stereocenters. The molecule has 0 unspecified atom stereocenters. The first-order valence-electron chi connectivity index (χ1n) is 6.74. The van der Waals surface area contributed by atoms with Gasteiger partial charge < -0.3 is 10.4 Å². The first-order valence-corrected chi connectivity index (χ1v) is 6.74. The summed E-state index contributed by atoms with van der Waals surface area (Å²) >= 11 is 0. The Kier molecular flexibility index (Phi) is 7.19. The Hall–Kier alpha value is -3.82. The van der Waals surface area contributed by atoms with Crippen molar-refractivity contribution in [2.45, 2.75) is 0 Å². The Balaban J connectivity index is 0.000000251. The van der Waals surface area contributed by atoms with E-state index in [4.69, 9.17) is 5.11 Å². The van der Waals surface area contributed by atoms with Gasteiger partial charge in [-0.3, -0.25) is 29.8 Å². The second-order valence-electron chi connectivity index (χ2n) is 4.49. The highest BCUT2D eigenvalue weighted by Crippen LogP contribution is 2.24. The number of carbonyl (C=O) groups is 2. The molecule has 0 aromatic heterocycles. The summed E-state index contributed by atoms with van der Waals surface area (Å²) in [6.07, 6.45) is 0.737. The molecule has 0 spiro atoms. The SMILES string of the molecule is O=Cc1ccc(NCC(=O)O)cc1.O=[N+]([O-])c1ccccc1[N+](=O)[O-]. The van der Waals surface area contributed by atoms with Gasteiger partial charge in [0.1, 0.15) is 12.8 Å². The van der Waals surface area contributed by atoms with Crippen LogP contribution in [-0.4, -0.2) is 33.8 Å². The van der Waals surface area contributed by atoms with Gasteiger partial charge in [0.25, 0.3) is 0 Å². The van der Waals surface area contributed by atoms with Gasteiger partial charge >= 0.3 is 17.3 Å². The summed E-state index contributed by atoms with van der Waals surface area (Å²) in [7, 11) is 0. The van der Waals surface area contributed by atoms with Crippen molar-refractivity contribution in [2.75, 3.05) is 11.9 Å². The molecule has 0 aliphatic carbocycles. The van der Waals surface area contributed by atoms with E-state index in [1.807, 2.05) is 0 Å². The Morgan fingerprint density at radius 2 is 1.48 bits per heavy atom. The number of nitro groups is 2. The molecular formula is C15H13N3O7. The number of benzene rings is 2. The number of rotatable bonds is 6. The van der Waals surface area contributed by atoms with E-state index < -0.39 is 27.2 Å². The molecule has 2 aromatic rings. The Morgan fingerprint density at radius 1 is 1.00 bits per heavy atom. The summed E-state index contributed by atoms with van der Waals surface area (Å²) in [4.78, 5) is 39.3. The molecule has 0 amide bonds. The summed E-state index contributed by atoms with van der Waals surface area (Å²) in [5.74, 6) is -0.917. The molecule has 10 nitrogen and oxygen atoms in total. The van der Waals surface area contributed by atoms with Crippen molar-refractivity contribution in [1.29, 1.82) is 0 Å². The third-order valence-corrected chi connectivity index (χ3v) is 2.77. The molecule has 0 saturated heterocycles. The summed E-state index contributed by atoms with van der Waals surface area (Å²) < 4.78 is 0.